The molecule has 0 radical (unpaired) electrons. The van der Waals surface area contributed by atoms with Crippen LogP contribution in [0.15, 0.2) is 24.3 Å². The number of hydrogen-bond donors (Lipinski definition) is 0. The molecule has 98 valence electrons. The third kappa shape index (κ3) is 2.85. The van der Waals surface area contributed by atoms with Gasteiger partial charge in [-0.1, -0.05) is 18.2 Å². The first kappa shape index (κ1) is 13.4. The molecule has 0 amide bonds. The van der Waals surface area contributed by atoms with Gasteiger partial charge in [0.25, 0.3) is 0 Å². The third-order valence-electron chi connectivity index (χ3n) is 2.95. The van der Waals surface area contributed by atoms with E-state index in [1.54, 1.807) is 0 Å². The lowest BCUT2D eigenvalue weighted by Gasteiger charge is -2.07. The highest BCUT2D eigenvalue weighted by Gasteiger charge is 2.13. The first-order valence-corrected chi connectivity index (χ1v) is 6.86. The van der Waals surface area contributed by atoms with Crippen molar-refractivity contribution in [3.8, 4) is 0 Å². The highest BCUT2D eigenvalue weighted by Crippen LogP contribution is 2.20. The SMILES string of the molecule is CCOCC(Cl)Cc1nn(CC)c2ccccc12. The maximum atomic E-state index is 6.27. The Morgan fingerprint density at radius 3 is 2.83 bits per heavy atom. The number of aromatic nitrogens is 2. The van der Waals surface area contributed by atoms with E-state index in [-0.39, 0.29) is 5.38 Å². The van der Waals surface area contributed by atoms with Crippen molar-refractivity contribution in [1.29, 1.82) is 0 Å². The minimum Gasteiger partial charge on any atom is -0.380 e. The van der Waals surface area contributed by atoms with E-state index in [1.807, 2.05) is 23.7 Å². The molecule has 1 unspecified atom stereocenters. The van der Waals surface area contributed by atoms with Crippen LogP contribution >= 0.6 is 11.6 Å². The zero-order valence-corrected chi connectivity index (χ0v) is 11.7. The second kappa shape index (κ2) is 6.21. The molecular weight excluding hydrogens is 248 g/mol. The number of nitrogens with zero attached hydrogens (tertiary/aromatic N) is 2. The van der Waals surface area contributed by atoms with Crippen LogP contribution in [0.4, 0.5) is 0 Å². The second-order valence-electron chi connectivity index (χ2n) is 4.24. The maximum absolute atomic E-state index is 6.27. The van der Waals surface area contributed by atoms with Crippen LogP contribution in [0.5, 0.6) is 0 Å². The van der Waals surface area contributed by atoms with Gasteiger partial charge in [0.1, 0.15) is 0 Å². The van der Waals surface area contributed by atoms with Gasteiger partial charge in [-0.25, -0.2) is 0 Å². The lowest BCUT2D eigenvalue weighted by molar-refractivity contribution is 0.147. The van der Waals surface area contributed by atoms with Crippen molar-refractivity contribution in [3.63, 3.8) is 0 Å². The van der Waals surface area contributed by atoms with Gasteiger partial charge in [0, 0.05) is 25.0 Å². The lowest BCUT2D eigenvalue weighted by Crippen LogP contribution is -2.13. The standard InChI is InChI=1S/C14H19ClN2O/c1-3-17-14-8-6-5-7-12(14)13(16-17)9-11(15)10-18-4-2/h5-8,11H,3-4,9-10H2,1-2H3. The van der Waals surface area contributed by atoms with Crippen LogP contribution in [0.25, 0.3) is 10.9 Å². The van der Waals surface area contributed by atoms with Gasteiger partial charge in [0.05, 0.1) is 23.2 Å². The molecule has 0 saturated heterocycles. The fourth-order valence-electron chi connectivity index (χ4n) is 2.10. The van der Waals surface area contributed by atoms with Gasteiger partial charge in [0.2, 0.25) is 0 Å². The predicted molar refractivity (Wildman–Crippen MR) is 75.2 cm³/mol. The minimum atomic E-state index is -0.0198. The van der Waals surface area contributed by atoms with E-state index >= 15 is 0 Å². The van der Waals surface area contributed by atoms with Crippen molar-refractivity contribution in [2.45, 2.75) is 32.2 Å². The molecule has 18 heavy (non-hydrogen) atoms. The summed E-state index contributed by atoms with van der Waals surface area (Å²) < 4.78 is 7.37. The average molecular weight is 267 g/mol. The van der Waals surface area contributed by atoms with E-state index in [1.165, 1.54) is 10.9 Å². The maximum Gasteiger partial charge on any atom is 0.0718 e. The molecule has 2 rings (SSSR count). The van der Waals surface area contributed by atoms with Crippen molar-refractivity contribution in [2.75, 3.05) is 13.2 Å². The zero-order chi connectivity index (χ0) is 13.0. The van der Waals surface area contributed by atoms with Crippen molar-refractivity contribution in [3.05, 3.63) is 30.0 Å². The van der Waals surface area contributed by atoms with Gasteiger partial charge in [-0.2, -0.15) is 5.10 Å². The number of alkyl halides is 1. The Hall–Kier alpha value is -1.06. The molecule has 0 aliphatic carbocycles. The van der Waals surface area contributed by atoms with E-state index in [0.717, 1.165) is 18.7 Å². The van der Waals surface area contributed by atoms with Crippen LogP contribution < -0.4 is 0 Å². The molecule has 1 aromatic carbocycles. The van der Waals surface area contributed by atoms with Gasteiger partial charge in [-0.05, 0) is 19.9 Å². The molecule has 0 saturated carbocycles. The lowest BCUT2D eigenvalue weighted by atomic mass is 10.1. The Morgan fingerprint density at radius 2 is 2.11 bits per heavy atom. The summed E-state index contributed by atoms with van der Waals surface area (Å²) >= 11 is 6.27. The third-order valence-corrected chi connectivity index (χ3v) is 3.23. The molecule has 1 heterocycles. The van der Waals surface area contributed by atoms with Crippen LogP contribution in [0, 0.1) is 0 Å². The largest absolute Gasteiger partial charge is 0.380 e. The first-order chi connectivity index (χ1) is 8.76. The van der Waals surface area contributed by atoms with E-state index in [2.05, 4.69) is 24.2 Å². The molecule has 0 spiro atoms. The summed E-state index contributed by atoms with van der Waals surface area (Å²) in [6, 6.07) is 8.28. The van der Waals surface area contributed by atoms with Crippen LogP contribution in [-0.2, 0) is 17.7 Å². The van der Waals surface area contributed by atoms with Gasteiger partial charge in [-0.15, -0.1) is 11.6 Å². The van der Waals surface area contributed by atoms with Crippen molar-refractivity contribution >= 4 is 22.5 Å². The smallest absolute Gasteiger partial charge is 0.0718 e. The number of rotatable bonds is 6. The summed E-state index contributed by atoms with van der Waals surface area (Å²) in [5, 5.41) is 5.81. The molecule has 0 aliphatic rings. The van der Waals surface area contributed by atoms with Gasteiger partial charge < -0.3 is 4.74 Å². The van der Waals surface area contributed by atoms with Crippen LogP contribution in [0.3, 0.4) is 0 Å². The summed E-state index contributed by atoms with van der Waals surface area (Å²) in [6.07, 6.45) is 0.745. The Morgan fingerprint density at radius 1 is 1.33 bits per heavy atom. The Balaban J connectivity index is 2.22. The molecule has 0 fully saturated rings. The Bertz CT molecular complexity index is 509. The number of fused-ring (bicyclic) bond motifs is 1. The monoisotopic (exact) mass is 266 g/mol. The van der Waals surface area contributed by atoms with Gasteiger partial charge in [0.15, 0.2) is 0 Å². The zero-order valence-electron chi connectivity index (χ0n) is 10.9. The number of hydrogen-bond acceptors (Lipinski definition) is 2. The minimum absolute atomic E-state index is 0.0198. The van der Waals surface area contributed by atoms with E-state index in [9.17, 15) is 0 Å². The molecule has 0 aliphatic heterocycles. The highest BCUT2D eigenvalue weighted by atomic mass is 35.5. The topological polar surface area (TPSA) is 27.1 Å². The van der Waals surface area contributed by atoms with Crippen LogP contribution in [0.2, 0.25) is 0 Å². The van der Waals surface area contributed by atoms with Gasteiger partial charge >= 0.3 is 0 Å². The van der Waals surface area contributed by atoms with Crippen molar-refractivity contribution in [1.82, 2.24) is 9.78 Å². The number of aryl methyl sites for hydroxylation is 1. The molecule has 3 nitrogen and oxygen atoms in total. The normalized spacial score (nSPS) is 13.1. The molecule has 2 aromatic rings. The average Bonchev–Trinajstić information content (AvgIpc) is 2.75. The van der Waals surface area contributed by atoms with Crippen molar-refractivity contribution < 1.29 is 4.74 Å². The number of benzene rings is 1. The Labute approximate surface area is 113 Å². The molecule has 1 aromatic heterocycles. The summed E-state index contributed by atoms with van der Waals surface area (Å²) in [5.74, 6) is 0. The quantitative estimate of drug-likeness (QED) is 0.751. The first-order valence-electron chi connectivity index (χ1n) is 6.42. The summed E-state index contributed by atoms with van der Waals surface area (Å²) in [7, 11) is 0. The molecule has 0 bridgehead atoms. The summed E-state index contributed by atoms with van der Waals surface area (Å²) in [4.78, 5) is 0. The fraction of sp³-hybridized carbons (Fsp3) is 0.500. The van der Waals surface area contributed by atoms with Gasteiger partial charge in [-0.3, -0.25) is 4.68 Å². The molecule has 0 N–H and O–H groups in total. The second-order valence-corrected chi connectivity index (χ2v) is 4.86. The van der Waals surface area contributed by atoms with Crippen LogP contribution in [0.1, 0.15) is 19.5 Å². The predicted octanol–water partition coefficient (Wildman–Crippen LogP) is 3.24. The summed E-state index contributed by atoms with van der Waals surface area (Å²) in [6.45, 7) is 6.23. The number of halogens is 1. The molecular formula is C14H19ClN2O. The fourth-order valence-corrected chi connectivity index (χ4v) is 2.34. The molecule has 1 atom stereocenters. The number of para-hydroxylation sites is 1. The van der Waals surface area contributed by atoms with E-state index in [0.29, 0.717) is 13.2 Å². The van der Waals surface area contributed by atoms with E-state index in [4.69, 9.17) is 16.3 Å². The van der Waals surface area contributed by atoms with Crippen molar-refractivity contribution in [2.24, 2.45) is 0 Å². The Kier molecular flexibility index (Phi) is 4.61. The molecule has 4 heteroatoms. The number of ether oxygens (including phenoxy) is 1. The van der Waals surface area contributed by atoms with Crippen LogP contribution in [-0.4, -0.2) is 28.4 Å². The summed E-state index contributed by atoms with van der Waals surface area (Å²) in [5.41, 5.74) is 2.24. The highest BCUT2D eigenvalue weighted by molar-refractivity contribution is 6.20. The van der Waals surface area contributed by atoms with E-state index < -0.39 is 0 Å².